The average Bonchev–Trinajstić information content (AvgIpc) is 2.49. The summed E-state index contributed by atoms with van der Waals surface area (Å²) in [5.74, 6) is 0.602. The molecule has 0 radical (unpaired) electrons. The van der Waals surface area contributed by atoms with E-state index in [1.165, 1.54) is 11.8 Å². The number of rotatable bonds is 4. The fraction of sp³-hybridized carbons (Fsp3) is 0.562. The molecule has 1 amide bonds. The summed E-state index contributed by atoms with van der Waals surface area (Å²) in [4.78, 5) is 15.5. The van der Waals surface area contributed by atoms with Crippen molar-refractivity contribution in [2.45, 2.75) is 42.9 Å². The van der Waals surface area contributed by atoms with E-state index in [0.717, 1.165) is 30.8 Å². The van der Waals surface area contributed by atoms with Gasteiger partial charge in [0, 0.05) is 24.0 Å². The van der Waals surface area contributed by atoms with Crippen LogP contribution in [-0.2, 0) is 4.79 Å². The molecule has 2 N–H and O–H groups in total. The third kappa shape index (κ3) is 4.38. The van der Waals surface area contributed by atoms with Gasteiger partial charge in [-0.25, -0.2) is 0 Å². The molecule has 2 rings (SSSR count). The largest absolute Gasteiger partial charge is 0.341 e. The summed E-state index contributed by atoms with van der Waals surface area (Å²) >= 11 is 7.69. The first-order chi connectivity index (χ1) is 9.99. The van der Waals surface area contributed by atoms with Gasteiger partial charge >= 0.3 is 0 Å². The number of likely N-dealkylation sites (tertiary alicyclic amines) is 1. The molecule has 116 valence electrons. The summed E-state index contributed by atoms with van der Waals surface area (Å²) in [6.07, 6.45) is 2.16. The lowest BCUT2D eigenvalue weighted by atomic mass is 9.92. The van der Waals surface area contributed by atoms with Crippen molar-refractivity contribution in [3.63, 3.8) is 0 Å². The second kappa shape index (κ2) is 7.52. The number of benzene rings is 1. The molecule has 1 aromatic rings. The third-order valence-electron chi connectivity index (χ3n) is 4.00. The van der Waals surface area contributed by atoms with Gasteiger partial charge in [0.25, 0.3) is 0 Å². The zero-order valence-corrected chi connectivity index (χ0v) is 14.2. The zero-order valence-electron chi connectivity index (χ0n) is 12.6. The van der Waals surface area contributed by atoms with Crippen LogP contribution in [0.25, 0.3) is 0 Å². The van der Waals surface area contributed by atoms with Crippen LogP contribution in [0.2, 0.25) is 5.02 Å². The molecule has 3 unspecified atom stereocenters. The van der Waals surface area contributed by atoms with Gasteiger partial charge in [0.2, 0.25) is 5.91 Å². The second-order valence-electron chi connectivity index (χ2n) is 5.74. The van der Waals surface area contributed by atoms with E-state index in [4.69, 9.17) is 17.3 Å². The van der Waals surface area contributed by atoms with Crippen molar-refractivity contribution < 1.29 is 4.79 Å². The Balaban J connectivity index is 1.97. The fourth-order valence-electron chi connectivity index (χ4n) is 2.68. The SMILES string of the molecule is CC(Sc1ccccc1Cl)C(=O)N1CCCC(C(C)N)C1. The summed E-state index contributed by atoms with van der Waals surface area (Å²) in [6, 6.07) is 7.80. The molecule has 5 heteroatoms. The van der Waals surface area contributed by atoms with Crippen molar-refractivity contribution in [2.24, 2.45) is 11.7 Å². The highest BCUT2D eigenvalue weighted by molar-refractivity contribution is 8.00. The quantitative estimate of drug-likeness (QED) is 0.862. The van der Waals surface area contributed by atoms with Crippen molar-refractivity contribution >= 4 is 29.3 Å². The monoisotopic (exact) mass is 326 g/mol. The standard InChI is InChI=1S/C16H23ClN2OS/c1-11(18)13-6-5-9-19(10-13)16(20)12(2)21-15-8-4-3-7-14(15)17/h3-4,7-8,11-13H,5-6,9-10,18H2,1-2H3. The molecule has 21 heavy (non-hydrogen) atoms. The molecular formula is C16H23ClN2OS. The molecule has 1 aliphatic heterocycles. The van der Waals surface area contributed by atoms with Gasteiger partial charge in [-0.3, -0.25) is 4.79 Å². The van der Waals surface area contributed by atoms with Crippen molar-refractivity contribution in [1.82, 2.24) is 4.90 Å². The zero-order chi connectivity index (χ0) is 15.4. The average molecular weight is 327 g/mol. The van der Waals surface area contributed by atoms with E-state index in [9.17, 15) is 4.79 Å². The molecule has 0 saturated carbocycles. The molecule has 1 saturated heterocycles. The Morgan fingerprint density at radius 3 is 2.81 bits per heavy atom. The minimum Gasteiger partial charge on any atom is -0.341 e. The minimum atomic E-state index is -0.128. The minimum absolute atomic E-state index is 0.128. The van der Waals surface area contributed by atoms with Crippen LogP contribution in [0.3, 0.4) is 0 Å². The number of hydrogen-bond acceptors (Lipinski definition) is 3. The molecule has 0 bridgehead atoms. The van der Waals surface area contributed by atoms with E-state index in [1.807, 2.05) is 43.0 Å². The normalized spacial score (nSPS) is 21.9. The Kier molecular flexibility index (Phi) is 5.97. The Bertz CT molecular complexity index is 495. The number of carbonyl (C=O) groups excluding carboxylic acids is 1. The molecule has 0 aromatic heterocycles. The van der Waals surface area contributed by atoms with Crippen LogP contribution in [0.4, 0.5) is 0 Å². The highest BCUT2D eigenvalue weighted by atomic mass is 35.5. The number of nitrogens with two attached hydrogens (primary N) is 1. The van der Waals surface area contributed by atoms with Gasteiger partial charge in [-0.2, -0.15) is 0 Å². The van der Waals surface area contributed by atoms with Crippen LogP contribution < -0.4 is 5.73 Å². The Morgan fingerprint density at radius 2 is 2.14 bits per heavy atom. The Hall–Kier alpha value is -0.710. The first kappa shape index (κ1) is 16.7. The third-order valence-corrected chi connectivity index (χ3v) is 5.61. The molecule has 1 aliphatic rings. The lowest BCUT2D eigenvalue weighted by Crippen LogP contribution is -2.47. The summed E-state index contributed by atoms with van der Waals surface area (Å²) in [5, 5.41) is 0.575. The number of thioether (sulfide) groups is 1. The van der Waals surface area contributed by atoms with Gasteiger partial charge in [-0.15, -0.1) is 11.8 Å². The van der Waals surface area contributed by atoms with Gasteiger partial charge in [0.05, 0.1) is 10.3 Å². The molecule has 0 aliphatic carbocycles. The topological polar surface area (TPSA) is 46.3 Å². The van der Waals surface area contributed by atoms with Crippen molar-refractivity contribution in [3.8, 4) is 0 Å². The highest BCUT2D eigenvalue weighted by Crippen LogP contribution is 2.31. The summed E-state index contributed by atoms with van der Waals surface area (Å²) < 4.78 is 0. The van der Waals surface area contributed by atoms with Crippen molar-refractivity contribution in [1.29, 1.82) is 0 Å². The lowest BCUT2D eigenvalue weighted by Gasteiger charge is -2.35. The fourth-order valence-corrected chi connectivity index (χ4v) is 3.92. The molecule has 1 fully saturated rings. The number of halogens is 1. The Labute approximate surface area is 136 Å². The molecule has 3 nitrogen and oxygen atoms in total. The van der Waals surface area contributed by atoms with E-state index >= 15 is 0 Å². The molecule has 1 heterocycles. The number of hydrogen-bond donors (Lipinski definition) is 1. The predicted octanol–water partition coefficient (Wildman–Crippen LogP) is 3.41. The van der Waals surface area contributed by atoms with E-state index in [1.54, 1.807) is 0 Å². The van der Waals surface area contributed by atoms with Crippen LogP contribution in [-0.4, -0.2) is 35.2 Å². The van der Waals surface area contributed by atoms with Gasteiger partial charge in [-0.1, -0.05) is 23.7 Å². The maximum Gasteiger partial charge on any atom is 0.235 e. The van der Waals surface area contributed by atoms with Crippen LogP contribution in [0.1, 0.15) is 26.7 Å². The molecule has 1 aromatic carbocycles. The summed E-state index contributed by atoms with van der Waals surface area (Å²) in [6.45, 7) is 5.60. The first-order valence-electron chi connectivity index (χ1n) is 7.44. The number of amides is 1. The molecule has 0 spiro atoms. The van der Waals surface area contributed by atoms with Gasteiger partial charge in [0.15, 0.2) is 0 Å². The first-order valence-corrected chi connectivity index (χ1v) is 8.70. The maximum absolute atomic E-state index is 12.6. The summed E-state index contributed by atoms with van der Waals surface area (Å²) in [5.41, 5.74) is 5.99. The number of carbonyl (C=O) groups is 1. The van der Waals surface area contributed by atoms with Gasteiger partial charge in [0.1, 0.15) is 0 Å². The maximum atomic E-state index is 12.6. The van der Waals surface area contributed by atoms with Crippen LogP contribution in [0, 0.1) is 5.92 Å². The van der Waals surface area contributed by atoms with E-state index < -0.39 is 0 Å². The Morgan fingerprint density at radius 1 is 1.43 bits per heavy atom. The molecular weight excluding hydrogens is 304 g/mol. The summed E-state index contributed by atoms with van der Waals surface area (Å²) in [7, 11) is 0. The molecule has 3 atom stereocenters. The van der Waals surface area contributed by atoms with Crippen molar-refractivity contribution in [2.75, 3.05) is 13.1 Å². The van der Waals surface area contributed by atoms with Crippen molar-refractivity contribution in [3.05, 3.63) is 29.3 Å². The van der Waals surface area contributed by atoms with Gasteiger partial charge < -0.3 is 10.6 Å². The van der Waals surface area contributed by atoms with Gasteiger partial charge in [-0.05, 0) is 44.7 Å². The van der Waals surface area contributed by atoms with E-state index in [2.05, 4.69) is 0 Å². The number of nitrogens with zero attached hydrogens (tertiary/aromatic N) is 1. The number of piperidine rings is 1. The highest BCUT2D eigenvalue weighted by Gasteiger charge is 2.28. The van der Waals surface area contributed by atoms with E-state index in [-0.39, 0.29) is 17.2 Å². The smallest absolute Gasteiger partial charge is 0.235 e. The van der Waals surface area contributed by atoms with Crippen LogP contribution >= 0.6 is 23.4 Å². The van der Waals surface area contributed by atoms with Crippen LogP contribution in [0.5, 0.6) is 0 Å². The predicted molar refractivity (Wildman–Crippen MR) is 89.7 cm³/mol. The van der Waals surface area contributed by atoms with Crippen LogP contribution in [0.15, 0.2) is 29.2 Å². The lowest BCUT2D eigenvalue weighted by molar-refractivity contribution is -0.132. The second-order valence-corrected chi connectivity index (χ2v) is 7.53. The van der Waals surface area contributed by atoms with E-state index in [0.29, 0.717) is 10.9 Å².